The molecule has 1 fully saturated rings. The van der Waals surface area contributed by atoms with Gasteiger partial charge in [-0.05, 0) is 25.3 Å². The van der Waals surface area contributed by atoms with Crippen LogP contribution in [0.4, 0.5) is 0 Å². The van der Waals surface area contributed by atoms with Gasteiger partial charge in [0.15, 0.2) is 5.96 Å². The zero-order chi connectivity index (χ0) is 17.4. The van der Waals surface area contributed by atoms with Gasteiger partial charge in [0.1, 0.15) is 0 Å². The third-order valence-corrected chi connectivity index (χ3v) is 4.10. The van der Waals surface area contributed by atoms with Gasteiger partial charge in [0, 0.05) is 27.2 Å². The smallest absolute Gasteiger partial charge is 0.241 e. The van der Waals surface area contributed by atoms with Crippen LogP contribution in [0, 0.1) is 0 Å². The van der Waals surface area contributed by atoms with Crippen molar-refractivity contribution in [1.29, 1.82) is 0 Å². The monoisotopic (exact) mass is 332 g/mol. The van der Waals surface area contributed by atoms with Crippen LogP contribution in [-0.2, 0) is 16.1 Å². The van der Waals surface area contributed by atoms with E-state index in [2.05, 4.69) is 22.5 Å². The second-order valence-electron chi connectivity index (χ2n) is 6.55. The molecular formula is C18H28N4O2. The van der Waals surface area contributed by atoms with Gasteiger partial charge in [-0.3, -0.25) is 4.79 Å². The fourth-order valence-corrected chi connectivity index (χ4v) is 2.49. The predicted molar refractivity (Wildman–Crippen MR) is 95.9 cm³/mol. The molecule has 1 aromatic rings. The Morgan fingerprint density at radius 1 is 1.29 bits per heavy atom. The Bertz CT molecular complexity index is 551. The Kier molecular flexibility index (Phi) is 6.61. The average molecular weight is 332 g/mol. The summed E-state index contributed by atoms with van der Waals surface area (Å²) in [5.41, 5.74) is 0.960. The molecule has 0 saturated carbocycles. The molecule has 1 saturated heterocycles. The standard InChI is InChI=1S/C18H28N4O2/c1-18(10-7-11-24-18)14-21-17(20-13-16(23)22(2)3)19-12-15-8-5-4-6-9-15/h4-6,8-9H,7,10-14H2,1-3H3,(H2,19,20,21). The number of aliphatic imine (C=N–C) groups is 1. The summed E-state index contributed by atoms with van der Waals surface area (Å²) >= 11 is 0. The van der Waals surface area contributed by atoms with Crippen LogP contribution in [0.2, 0.25) is 0 Å². The molecule has 1 atom stereocenters. The van der Waals surface area contributed by atoms with Gasteiger partial charge in [-0.25, -0.2) is 4.99 Å². The number of guanidine groups is 1. The first-order chi connectivity index (χ1) is 11.5. The molecule has 1 heterocycles. The van der Waals surface area contributed by atoms with Crippen molar-refractivity contribution in [2.24, 2.45) is 4.99 Å². The summed E-state index contributed by atoms with van der Waals surface area (Å²) in [6.07, 6.45) is 2.11. The maximum absolute atomic E-state index is 11.8. The van der Waals surface area contributed by atoms with Crippen molar-refractivity contribution >= 4 is 11.9 Å². The summed E-state index contributed by atoms with van der Waals surface area (Å²) in [7, 11) is 3.48. The number of hydrogen-bond acceptors (Lipinski definition) is 3. The van der Waals surface area contributed by atoms with E-state index in [0.717, 1.165) is 25.0 Å². The van der Waals surface area contributed by atoms with E-state index in [9.17, 15) is 4.79 Å². The third-order valence-electron chi connectivity index (χ3n) is 4.10. The lowest BCUT2D eigenvalue weighted by atomic mass is 10.0. The maximum Gasteiger partial charge on any atom is 0.241 e. The topological polar surface area (TPSA) is 66.0 Å². The number of likely N-dealkylation sites (N-methyl/N-ethyl adjacent to an activating group) is 1. The van der Waals surface area contributed by atoms with Gasteiger partial charge < -0.3 is 20.3 Å². The predicted octanol–water partition coefficient (Wildman–Crippen LogP) is 1.38. The van der Waals surface area contributed by atoms with E-state index in [1.54, 1.807) is 19.0 Å². The Morgan fingerprint density at radius 3 is 2.67 bits per heavy atom. The number of rotatable bonds is 6. The van der Waals surface area contributed by atoms with Gasteiger partial charge in [-0.2, -0.15) is 0 Å². The fraction of sp³-hybridized carbons (Fsp3) is 0.556. The van der Waals surface area contributed by atoms with E-state index in [1.165, 1.54) is 0 Å². The van der Waals surface area contributed by atoms with Gasteiger partial charge >= 0.3 is 0 Å². The second-order valence-corrected chi connectivity index (χ2v) is 6.55. The van der Waals surface area contributed by atoms with Crippen LogP contribution < -0.4 is 10.6 Å². The SMILES string of the molecule is CN(C)C(=O)CNC(=NCc1ccccc1)NCC1(C)CCCO1. The zero-order valence-electron chi connectivity index (χ0n) is 14.8. The minimum atomic E-state index is -0.166. The van der Waals surface area contributed by atoms with Crippen molar-refractivity contribution in [1.82, 2.24) is 15.5 Å². The minimum absolute atomic E-state index is 0.00698. The molecule has 0 aromatic heterocycles. The molecule has 2 rings (SSSR count). The van der Waals surface area contributed by atoms with Crippen LogP contribution in [0.3, 0.4) is 0 Å². The molecule has 0 aliphatic carbocycles. The number of nitrogens with one attached hydrogen (secondary N) is 2. The van der Waals surface area contributed by atoms with Crippen molar-refractivity contribution in [3.63, 3.8) is 0 Å². The molecule has 6 heteroatoms. The number of hydrogen-bond donors (Lipinski definition) is 2. The van der Waals surface area contributed by atoms with Crippen molar-refractivity contribution < 1.29 is 9.53 Å². The minimum Gasteiger partial charge on any atom is -0.373 e. The Labute approximate surface area is 144 Å². The third kappa shape index (κ3) is 5.85. The molecule has 2 N–H and O–H groups in total. The molecular weight excluding hydrogens is 304 g/mol. The molecule has 132 valence electrons. The maximum atomic E-state index is 11.8. The lowest BCUT2D eigenvalue weighted by Crippen LogP contribution is -2.47. The van der Waals surface area contributed by atoms with Crippen molar-refractivity contribution in [2.45, 2.75) is 31.9 Å². The molecule has 1 aliphatic rings. The first kappa shape index (κ1) is 18.3. The van der Waals surface area contributed by atoms with E-state index in [1.807, 2.05) is 30.3 Å². The number of benzene rings is 1. The van der Waals surface area contributed by atoms with Crippen molar-refractivity contribution in [2.75, 3.05) is 33.8 Å². The van der Waals surface area contributed by atoms with Crippen LogP contribution in [0.5, 0.6) is 0 Å². The van der Waals surface area contributed by atoms with Gasteiger partial charge in [-0.15, -0.1) is 0 Å². The molecule has 6 nitrogen and oxygen atoms in total. The Hall–Kier alpha value is -2.08. The van der Waals surface area contributed by atoms with Gasteiger partial charge in [0.05, 0.1) is 18.7 Å². The van der Waals surface area contributed by atoms with Crippen molar-refractivity contribution in [3.8, 4) is 0 Å². The van der Waals surface area contributed by atoms with E-state index >= 15 is 0 Å². The second kappa shape index (κ2) is 8.68. The summed E-state index contributed by atoms with van der Waals surface area (Å²) in [6, 6.07) is 10.0. The molecule has 0 radical (unpaired) electrons. The van der Waals surface area contributed by atoms with E-state index < -0.39 is 0 Å². The first-order valence-corrected chi connectivity index (χ1v) is 8.39. The van der Waals surface area contributed by atoms with Crippen LogP contribution in [-0.4, -0.2) is 56.2 Å². The summed E-state index contributed by atoms with van der Waals surface area (Å²) in [5, 5.41) is 6.41. The van der Waals surface area contributed by atoms with Crippen LogP contribution in [0.1, 0.15) is 25.3 Å². The molecule has 0 bridgehead atoms. The summed E-state index contributed by atoms with van der Waals surface area (Å²) < 4.78 is 5.80. The quantitative estimate of drug-likeness (QED) is 0.610. The number of nitrogens with zero attached hydrogens (tertiary/aromatic N) is 2. The highest BCUT2D eigenvalue weighted by Gasteiger charge is 2.29. The highest BCUT2D eigenvalue weighted by Crippen LogP contribution is 2.23. The van der Waals surface area contributed by atoms with Crippen LogP contribution in [0.15, 0.2) is 35.3 Å². The number of carbonyl (C=O) groups excluding carboxylic acids is 1. The summed E-state index contributed by atoms with van der Waals surface area (Å²) in [4.78, 5) is 17.9. The first-order valence-electron chi connectivity index (χ1n) is 8.39. The Balaban J connectivity index is 1.95. The molecule has 1 unspecified atom stereocenters. The molecule has 0 spiro atoms. The van der Waals surface area contributed by atoms with Gasteiger partial charge in [0.25, 0.3) is 0 Å². The average Bonchev–Trinajstić information content (AvgIpc) is 3.01. The van der Waals surface area contributed by atoms with Gasteiger partial charge in [-0.1, -0.05) is 30.3 Å². The zero-order valence-corrected chi connectivity index (χ0v) is 14.8. The number of carbonyl (C=O) groups is 1. The van der Waals surface area contributed by atoms with E-state index in [-0.39, 0.29) is 18.1 Å². The Morgan fingerprint density at radius 2 is 2.04 bits per heavy atom. The molecule has 24 heavy (non-hydrogen) atoms. The lowest BCUT2D eigenvalue weighted by molar-refractivity contribution is -0.127. The summed E-state index contributed by atoms with van der Waals surface area (Å²) in [5.74, 6) is 0.637. The lowest BCUT2D eigenvalue weighted by Gasteiger charge is -2.25. The highest BCUT2D eigenvalue weighted by molar-refractivity contribution is 5.86. The van der Waals surface area contributed by atoms with E-state index in [4.69, 9.17) is 4.74 Å². The normalized spacial score (nSPS) is 20.7. The molecule has 1 amide bonds. The molecule has 1 aliphatic heterocycles. The van der Waals surface area contributed by atoms with E-state index in [0.29, 0.717) is 19.0 Å². The number of amides is 1. The van der Waals surface area contributed by atoms with Crippen LogP contribution in [0.25, 0.3) is 0 Å². The fourth-order valence-electron chi connectivity index (χ4n) is 2.49. The van der Waals surface area contributed by atoms with Crippen LogP contribution >= 0.6 is 0 Å². The highest BCUT2D eigenvalue weighted by atomic mass is 16.5. The largest absolute Gasteiger partial charge is 0.373 e. The number of ether oxygens (including phenoxy) is 1. The van der Waals surface area contributed by atoms with Gasteiger partial charge in [0.2, 0.25) is 5.91 Å². The summed E-state index contributed by atoms with van der Waals surface area (Å²) in [6.45, 7) is 4.35. The van der Waals surface area contributed by atoms with Crippen molar-refractivity contribution in [3.05, 3.63) is 35.9 Å². The molecule has 1 aromatic carbocycles.